The first-order valence-electron chi connectivity index (χ1n) is 5.87. The monoisotopic (exact) mass is 240 g/mol. The van der Waals surface area contributed by atoms with E-state index in [9.17, 15) is 0 Å². The first-order chi connectivity index (χ1) is 7.63. The van der Waals surface area contributed by atoms with Crippen LogP contribution in [0.4, 0.5) is 0 Å². The van der Waals surface area contributed by atoms with Gasteiger partial charge in [0.15, 0.2) is 0 Å². The molecule has 0 amide bonds. The Morgan fingerprint density at radius 1 is 1.31 bits per heavy atom. The first-order valence-corrected chi connectivity index (χ1v) is 6.69. The molecule has 0 saturated heterocycles. The van der Waals surface area contributed by atoms with Gasteiger partial charge >= 0.3 is 0 Å². The molecule has 0 bridgehead atoms. The molecule has 0 aliphatic carbocycles. The smallest absolute Gasteiger partial charge is 0.0947 e. The Morgan fingerprint density at radius 2 is 1.94 bits per heavy atom. The highest BCUT2D eigenvalue weighted by Crippen LogP contribution is 2.19. The van der Waals surface area contributed by atoms with E-state index in [1.165, 1.54) is 9.88 Å². The molecule has 3 heteroatoms. The maximum Gasteiger partial charge on any atom is 0.0947 e. The average Bonchev–Trinajstić information content (AvgIpc) is 2.60. The van der Waals surface area contributed by atoms with E-state index in [0.717, 1.165) is 18.7 Å². The van der Waals surface area contributed by atoms with Gasteiger partial charge in [0.25, 0.3) is 0 Å². The van der Waals surface area contributed by atoms with E-state index >= 15 is 0 Å². The van der Waals surface area contributed by atoms with Gasteiger partial charge in [0, 0.05) is 17.8 Å². The van der Waals surface area contributed by atoms with Gasteiger partial charge in [-0.25, -0.2) is 4.98 Å². The third kappa shape index (κ3) is 5.42. The molecule has 0 radical (unpaired) electrons. The number of hydrogen-bond donors (Lipinski definition) is 0. The van der Waals surface area contributed by atoms with Crippen LogP contribution in [0.15, 0.2) is 6.08 Å². The largest absolute Gasteiger partial charge is 0.309 e. The molecule has 1 rings (SSSR count). The summed E-state index contributed by atoms with van der Waals surface area (Å²) in [6, 6.07) is 0. The molecule has 0 atom stereocenters. The Kier molecular flexibility index (Phi) is 8.12. The SMILES string of the molecule is C/C=C\c1nc(CCN(C)C)sc1C.CC. The van der Waals surface area contributed by atoms with E-state index in [1.807, 2.05) is 38.2 Å². The van der Waals surface area contributed by atoms with Crippen molar-refractivity contribution < 1.29 is 0 Å². The van der Waals surface area contributed by atoms with E-state index in [-0.39, 0.29) is 0 Å². The zero-order valence-corrected chi connectivity index (χ0v) is 12.2. The van der Waals surface area contributed by atoms with Crippen molar-refractivity contribution in [2.75, 3.05) is 20.6 Å². The molecule has 1 heterocycles. The molecule has 1 aromatic rings. The highest BCUT2D eigenvalue weighted by atomic mass is 32.1. The molecule has 0 aliphatic rings. The number of thiazole rings is 1. The van der Waals surface area contributed by atoms with Crippen LogP contribution in [-0.2, 0) is 6.42 Å². The van der Waals surface area contributed by atoms with Crippen LogP contribution < -0.4 is 0 Å². The molecule has 0 N–H and O–H groups in total. The number of allylic oxidation sites excluding steroid dienone is 1. The molecule has 0 unspecified atom stereocenters. The Labute approximate surface area is 104 Å². The summed E-state index contributed by atoms with van der Waals surface area (Å²) in [5.74, 6) is 0. The van der Waals surface area contributed by atoms with Crippen molar-refractivity contribution in [1.82, 2.24) is 9.88 Å². The molecule has 0 saturated carbocycles. The summed E-state index contributed by atoms with van der Waals surface area (Å²) < 4.78 is 0. The van der Waals surface area contributed by atoms with E-state index in [1.54, 1.807) is 0 Å². The van der Waals surface area contributed by atoms with Gasteiger partial charge in [-0.15, -0.1) is 11.3 Å². The number of aryl methyl sites for hydroxylation is 1. The van der Waals surface area contributed by atoms with Crippen LogP contribution in [0.5, 0.6) is 0 Å². The summed E-state index contributed by atoms with van der Waals surface area (Å²) >= 11 is 1.81. The van der Waals surface area contributed by atoms with Gasteiger partial charge < -0.3 is 4.90 Å². The first kappa shape index (κ1) is 15.3. The van der Waals surface area contributed by atoms with Gasteiger partial charge in [0.2, 0.25) is 0 Å². The van der Waals surface area contributed by atoms with Crippen LogP contribution in [0.2, 0.25) is 0 Å². The van der Waals surface area contributed by atoms with Crippen LogP contribution in [0, 0.1) is 6.92 Å². The minimum absolute atomic E-state index is 1.05. The standard InChI is InChI=1S/C11H18N2S.C2H6/c1-5-6-10-9(2)14-11(12-10)7-8-13(3)4;1-2/h5-6H,7-8H2,1-4H3;1-2H3/b6-5-;. The normalized spacial score (nSPS) is 10.7. The van der Waals surface area contributed by atoms with E-state index in [2.05, 4.69) is 37.0 Å². The van der Waals surface area contributed by atoms with Gasteiger partial charge in [-0.05, 0) is 34.0 Å². The van der Waals surface area contributed by atoms with Gasteiger partial charge in [0.05, 0.1) is 10.7 Å². The number of likely N-dealkylation sites (N-methyl/N-ethyl adjacent to an activating group) is 1. The van der Waals surface area contributed by atoms with Crippen molar-refractivity contribution in [2.45, 2.75) is 34.1 Å². The Morgan fingerprint density at radius 3 is 2.44 bits per heavy atom. The zero-order valence-electron chi connectivity index (χ0n) is 11.4. The van der Waals surface area contributed by atoms with E-state index < -0.39 is 0 Å². The van der Waals surface area contributed by atoms with E-state index in [4.69, 9.17) is 0 Å². The number of rotatable bonds is 4. The van der Waals surface area contributed by atoms with Crippen molar-refractivity contribution in [3.8, 4) is 0 Å². The summed E-state index contributed by atoms with van der Waals surface area (Å²) in [6.07, 6.45) is 5.17. The maximum absolute atomic E-state index is 4.58. The molecule has 1 aromatic heterocycles. The van der Waals surface area contributed by atoms with Crippen LogP contribution >= 0.6 is 11.3 Å². The molecular weight excluding hydrogens is 216 g/mol. The summed E-state index contributed by atoms with van der Waals surface area (Å²) in [7, 11) is 4.18. The second-order valence-electron chi connectivity index (χ2n) is 3.60. The predicted octanol–water partition coefficient (Wildman–Crippen LogP) is 3.61. The third-order valence-electron chi connectivity index (χ3n) is 1.97. The lowest BCUT2D eigenvalue weighted by molar-refractivity contribution is 0.413. The minimum Gasteiger partial charge on any atom is -0.309 e. The maximum atomic E-state index is 4.58. The summed E-state index contributed by atoms with van der Waals surface area (Å²) in [5.41, 5.74) is 1.13. The van der Waals surface area contributed by atoms with Crippen molar-refractivity contribution in [3.05, 3.63) is 21.7 Å². The molecule has 16 heavy (non-hydrogen) atoms. The van der Waals surface area contributed by atoms with Gasteiger partial charge in [0.1, 0.15) is 0 Å². The second-order valence-corrected chi connectivity index (χ2v) is 4.89. The molecule has 0 fully saturated rings. The fraction of sp³-hybridized carbons (Fsp3) is 0.615. The minimum atomic E-state index is 1.05. The van der Waals surface area contributed by atoms with Crippen molar-refractivity contribution >= 4 is 17.4 Å². The Hall–Kier alpha value is -0.670. The fourth-order valence-electron chi connectivity index (χ4n) is 1.20. The molecule has 92 valence electrons. The molecule has 0 spiro atoms. The molecule has 2 nitrogen and oxygen atoms in total. The summed E-state index contributed by atoms with van der Waals surface area (Å²) in [4.78, 5) is 8.08. The van der Waals surface area contributed by atoms with Crippen molar-refractivity contribution in [3.63, 3.8) is 0 Å². The lowest BCUT2D eigenvalue weighted by Crippen LogP contribution is -2.14. The number of nitrogens with zero attached hydrogens (tertiary/aromatic N) is 2. The van der Waals surface area contributed by atoms with Crippen molar-refractivity contribution in [2.24, 2.45) is 0 Å². The van der Waals surface area contributed by atoms with Crippen LogP contribution in [0.3, 0.4) is 0 Å². The van der Waals surface area contributed by atoms with Crippen LogP contribution in [0.25, 0.3) is 6.08 Å². The van der Waals surface area contributed by atoms with Gasteiger partial charge in [-0.1, -0.05) is 19.9 Å². The second kappa shape index (κ2) is 8.48. The third-order valence-corrected chi connectivity index (χ3v) is 3.02. The highest BCUT2D eigenvalue weighted by Gasteiger charge is 2.04. The highest BCUT2D eigenvalue weighted by molar-refractivity contribution is 7.11. The fourth-order valence-corrected chi connectivity index (χ4v) is 2.11. The van der Waals surface area contributed by atoms with E-state index in [0.29, 0.717) is 0 Å². The van der Waals surface area contributed by atoms with Crippen LogP contribution in [-0.4, -0.2) is 30.5 Å². The topological polar surface area (TPSA) is 16.1 Å². The molecule has 0 aromatic carbocycles. The Bertz CT molecular complexity index is 314. The van der Waals surface area contributed by atoms with Crippen molar-refractivity contribution in [1.29, 1.82) is 0 Å². The zero-order chi connectivity index (χ0) is 12.6. The lowest BCUT2D eigenvalue weighted by Gasteiger charge is -2.06. The van der Waals surface area contributed by atoms with Crippen LogP contribution in [0.1, 0.15) is 36.3 Å². The lowest BCUT2D eigenvalue weighted by atomic mass is 10.3. The van der Waals surface area contributed by atoms with Gasteiger partial charge in [-0.2, -0.15) is 0 Å². The summed E-state index contributed by atoms with van der Waals surface area (Å²) in [5, 5.41) is 1.24. The Balaban J connectivity index is 0.00000106. The number of hydrogen-bond acceptors (Lipinski definition) is 3. The molecular formula is C13H24N2S. The number of aromatic nitrogens is 1. The summed E-state index contributed by atoms with van der Waals surface area (Å²) in [6.45, 7) is 9.23. The van der Waals surface area contributed by atoms with Gasteiger partial charge in [-0.3, -0.25) is 0 Å². The predicted molar refractivity (Wildman–Crippen MR) is 75.2 cm³/mol. The quantitative estimate of drug-likeness (QED) is 0.799. The average molecular weight is 240 g/mol. The molecule has 0 aliphatic heterocycles.